The molecule has 5 rings (SSSR count). The topological polar surface area (TPSA) is 55.5 Å². The number of nitrogen functional groups attached to an aromatic ring is 1. The van der Waals surface area contributed by atoms with Crippen LogP contribution in [-0.2, 0) is 0 Å². The number of hydrogen-bond donors (Lipinski definition) is 2. The molecule has 114 valence electrons. The van der Waals surface area contributed by atoms with Gasteiger partial charge >= 0.3 is 0 Å². The second kappa shape index (κ2) is 4.64. The van der Waals surface area contributed by atoms with Crippen LogP contribution in [0.1, 0.15) is 50.2 Å². The number of hydrogen-bond acceptors (Lipinski definition) is 3. The van der Waals surface area contributed by atoms with Crippen molar-refractivity contribution < 1.29 is 9.84 Å². The lowest BCUT2D eigenvalue weighted by atomic mass is 9.47. The summed E-state index contributed by atoms with van der Waals surface area (Å²) in [7, 11) is 1.63. The Labute approximate surface area is 126 Å². The summed E-state index contributed by atoms with van der Waals surface area (Å²) in [5, 5.41) is 11.1. The van der Waals surface area contributed by atoms with Crippen molar-refractivity contribution in [2.45, 2.75) is 44.6 Å². The van der Waals surface area contributed by atoms with E-state index < -0.39 is 0 Å². The molecule has 21 heavy (non-hydrogen) atoms. The van der Waals surface area contributed by atoms with Crippen molar-refractivity contribution in [3.63, 3.8) is 0 Å². The fourth-order valence-electron chi connectivity index (χ4n) is 5.79. The molecule has 0 aliphatic heterocycles. The van der Waals surface area contributed by atoms with Crippen LogP contribution in [0, 0.1) is 23.2 Å². The first-order valence-corrected chi connectivity index (χ1v) is 8.21. The Morgan fingerprint density at radius 3 is 2.19 bits per heavy atom. The summed E-state index contributed by atoms with van der Waals surface area (Å²) >= 11 is 0. The number of benzene rings is 1. The second-order valence-electron chi connectivity index (χ2n) is 7.68. The van der Waals surface area contributed by atoms with E-state index in [0.29, 0.717) is 11.4 Å². The van der Waals surface area contributed by atoms with Gasteiger partial charge in [0.1, 0.15) is 5.75 Å². The minimum absolute atomic E-state index is 0.107. The SMILES string of the molecule is COc1ccc(C(O)C23CC4CC(CC(C4)C2)C3)cc1N. The van der Waals surface area contributed by atoms with E-state index >= 15 is 0 Å². The summed E-state index contributed by atoms with van der Waals surface area (Å²) in [6, 6.07) is 5.77. The molecule has 3 heteroatoms. The lowest BCUT2D eigenvalue weighted by Gasteiger charge is -2.58. The van der Waals surface area contributed by atoms with Crippen LogP contribution < -0.4 is 10.5 Å². The molecule has 0 heterocycles. The van der Waals surface area contributed by atoms with Crippen LogP contribution in [0.4, 0.5) is 5.69 Å². The quantitative estimate of drug-likeness (QED) is 0.836. The summed E-state index contributed by atoms with van der Waals surface area (Å²) in [6.45, 7) is 0. The normalized spacial score (nSPS) is 38.5. The van der Waals surface area contributed by atoms with Gasteiger partial charge in [-0.3, -0.25) is 0 Å². The third kappa shape index (κ3) is 2.05. The number of aliphatic hydroxyl groups is 1. The Bertz CT molecular complexity index is 519. The molecule has 0 saturated heterocycles. The van der Waals surface area contributed by atoms with E-state index in [9.17, 15) is 5.11 Å². The van der Waals surface area contributed by atoms with Crippen molar-refractivity contribution in [1.29, 1.82) is 0 Å². The van der Waals surface area contributed by atoms with Gasteiger partial charge in [-0.05, 0) is 74.0 Å². The average molecular weight is 287 g/mol. The molecule has 1 unspecified atom stereocenters. The van der Waals surface area contributed by atoms with Gasteiger partial charge in [0.2, 0.25) is 0 Å². The first-order chi connectivity index (χ1) is 10.1. The first kappa shape index (κ1) is 13.4. The van der Waals surface area contributed by atoms with Crippen molar-refractivity contribution in [2.75, 3.05) is 12.8 Å². The first-order valence-electron chi connectivity index (χ1n) is 8.21. The van der Waals surface area contributed by atoms with E-state index in [2.05, 4.69) is 0 Å². The second-order valence-corrected chi connectivity index (χ2v) is 7.68. The summed E-state index contributed by atoms with van der Waals surface area (Å²) in [6.07, 6.45) is 7.42. The highest BCUT2D eigenvalue weighted by atomic mass is 16.5. The minimum atomic E-state index is -0.376. The molecular formula is C18H25NO2. The highest BCUT2D eigenvalue weighted by Gasteiger charge is 2.54. The predicted octanol–water partition coefficient (Wildman–Crippen LogP) is 3.53. The number of anilines is 1. The van der Waals surface area contributed by atoms with E-state index in [0.717, 1.165) is 23.3 Å². The zero-order chi connectivity index (χ0) is 14.6. The van der Waals surface area contributed by atoms with Crippen molar-refractivity contribution in [1.82, 2.24) is 0 Å². The van der Waals surface area contributed by atoms with Crippen molar-refractivity contribution in [3.8, 4) is 5.75 Å². The number of methoxy groups -OCH3 is 1. The van der Waals surface area contributed by atoms with E-state index in [1.165, 1.54) is 38.5 Å². The minimum Gasteiger partial charge on any atom is -0.495 e. The molecule has 0 radical (unpaired) electrons. The van der Waals surface area contributed by atoms with E-state index in [1.54, 1.807) is 7.11 Å². The Balaban J connectivity index is 1.65. The van der Waals surface area contributed by atoms with Crippen LogP contribution >= 0.6 is 0 Å². The zero-order valence-electron chi connectivity index (χ0n) is 12.7. The maximum Gasteiger partial charge on any atom is 0.141 e. The maximum absolute atomic E-state index is 11.1. The fraction of sp³-hybridized carbons (Fsp3) is 0.667. The van der Waals surface area contributed by atoms with Gasteiger partial charge in [0.25, 0.3) is 0 Å². The van der Waals surface area contributed by atoms with Gasteiger partial charge in [0.15, 0.2) is 0 Å². The number of aliphatic hydroxyl groups excluding tert-OH is 1. The van der Waals surface area contributed by atoms with Gasteiger partial charge in [0.05, 0.1) is 18.9 Å². The molecule has 4 aliphatic rings. The Kier molecular flexibility index (Phi) is 2.97. The number of nitrogens with two attached hydrogens (primary N) is 1. The molecule has 4 fully saturated rings. The highest BCUT2D eigenvalue weighted by Crippen LogP contribution is 2.64. The Morgan fingerprint density at radius 2 is 1.71 bits per heavy atom. The van der Waals surface area contributed by atoms with Crippen molar-refractivity contribution in [2.24, 2.45) is 23.2 Å². The molecule has 1 aromatic rings. The van der Waals surface area contributed by atoms with Gasteiger partial charge in [-0.25, -0.2) is 0 Å². The highest BCUT2D eigenvalue weighted by molar-refractivity contribution is 5.54. The molecule has 1 atom stereocenters. The fourth-order valence-corrected chi connectivity index (χ4v) is 5.79. The van der Waals surface area contributed by atoms with Crippen molar-refractivity contribution >= 4 is 5.69 Å². The van der Waals surface area contributed by atoms with Gasteiger partial charge in [-0.2, -0.15) is 0 Å². The van der Waals surface area contributed by atoms with Gasteiger partial charge in [-0.15, -0.1) is 0 Å². The van der Waals surface area contributed by atoms with Gasteiger partial charge in [0, 0.05) is 5.41 Å². The lowest BCUT2D eigenvalue weighted by molar-refractivity contribution is -0.122. The lowest BCUT2D eigenvalue weighted by Crippen LogP contribution is -2.48. The van der Waals surface area contributed by atoms with Crippen LogP contribution in [0.15, 0.2) is 18.2 Å². The summed E-state index contributed by atoms with van der Waals surface area (Å²) in [4.78, 5) is 0. The van der Waals surface area contributed by atoms with Crippen LogP contribution in [0.5, 0.6) is 5.75 Å². The van der Waals surface area contributed by atoms with Crippen LogP contribution in [0.3, 0.4) is 0 Å². The molecule has 0 aromatic heterocycles. The van der Waals surface area contributed by atoms with Crippen LogP contribution in [0.2, 0.25) is 0 Å². The monoisotopic (exact) mass is 287 g/mol. The molecule has 4 bridgehead atoms. The third-order valence-corrected chi connectivity index (χ3v) is 6.24. The molecule has 1 aromatic carbocycles. The van der Waals surface area contributed by atoms with E-state index in [-0.39, 0.29) is 11.5 Å². The summed E-state index contributed by atoms with van der Waals surface area (Å²) in [5.41, 5.74) is 7.72. The maximum atomic E-state index is 11.1. The Hall–Kier alpha value is -1.22. The predicted molar refractivity (Wildman–Crippen MR) is 83.0 cm³/mol. The molecule has 4 saturated carbocycles. The molecule has 3 nitrogen and oxygen atoms in total. The molecule has 0 amide bonds. The summed E-state index contributed by atoms with van der Waals surface area (Å²) < 4.78 is 5.22. The molecular weight excluding hydrogens is 262 g/mol. The average Bonchev–Trinajstić information content (AvgIpc) is 2.45. The number of ether oxygens (including phenoxy) is 1. The van der Waals surface area contributed by atoms with E-state index in [1.807, 2.05) is 18.2 Å². The van der Waals surface area contributed by atoms with Crippen molar-refractivity contribution in [3.05, 3.63) is 23.8 Å². The number of rotatable bonds is 3. The van der Waals surface area contributed by atoms with Gasteiger partial charge < -0.3 is 15.6 Å². The van der Waals surface area contributed by atoms with E-state index in [4.69, 9.17) is 10.5 Å². The molecule has 3 N–H and O–H groups in total. The van der Waals surface area contributed by atoms with Crippen LogP contribution in [0.25, 0.3) is 0 Å². The Morgan fingerprint density at radius 1 is 1.14 bits per heavy atom. The molecule has 4 aliphatic carbocycles. The van der Waals surface area contributed by atoms with Crippen LogP contribution in [-0.4, -0.2) is 12.2 Å². The largest absolute Gasteiger partial charge is 0.495 e. The smallest absolute Gasteiger partial charge is 0.141 e. The standard InChI is InChI=1S/C18H25NO2/c1-21-16-3-2-14(7-15(16)19)17(20)18-8-11-4-12(9-18)6-13(5-11)10-18/h2-3,7,11-13,17,20H,4-6,8-10,19H2,1H3. The molecule has 0 spiro atoms. The third-order valence-electron chi connectivity index (χ3n) is 6.24. The summed E-state index contributed by atoms with van der Waals surface area (Å²) in [5.74, 6) is 3.24. The zero-order valence-corrected chi connectivity index (χ0v) is 12.7. The van der Waals surface area contributed by atoms with Gasteiger partial charge in [-0.1, -0.05) is 6.07 Å².